The lowest BCUT2D eigenvalue weighted by Crippen LogP contribution is -2.53. The maximum Gasteiger partial charge on any atom is 0.340 e. The molecular weight excluding hydrogens is 298 g/mol. The molecule has 0 aliphatic carbocycles. The van der Waals surface area contributed by atoms with Gasteiger partial charge in [-0.2, -0.15) is 0 Å². The number of benzene rings is 1. The molecule has 1 N–H and O–H groups in total. The largest absolute Gasteiger partial charge is 0.468 e. The molecule has 1 amide bonds. The van der Waals surface area contributed by atoms with Crippen LogP contribution in [0.3, 0.4) is 0 Å². The zero-order chi connectivity index (χ0) is 15.0. The molecule has 2 heterocycles. The van der Waals surface area contributed by atoms with E-state index in [0.29, 0.717) is 5.02 Å². The van der Waals surface area contributed by atoms with Crippen LogP contribution in [0.25, 0.3) is 0 Å². The van der Waals surface area contributed by atoms with Gasteiger partial charge in [-0.15, -0.1) is 0 Å². The normalized spacial score (nSPS) is 25.3. The molecule has 6 nitrogen and oxygen atoms in total. The molecule has 7 heteroatoms. The topological polar surface area (TPSA) is 76.1 Å². The summed E-state index contributed by atoms with van der Waals surface area (Å²) in [5.74, 6) is -0.510. The molecule has 3 rings (SSSR count). The van der Waals surface area contributed by atoms with Gasteiger partial charge in [-0.05, 0) is 24.3 Å². The van der Waals surface area contributed by atoms with E-state index >= 15 is 0 Å². The number of hydrogen-bond donors (Lipinski definition) is 1. The first-order valence-electron chi connectivity index (χ1n) is 6.35. The van der Waals surface area contributed by atoms with Crippen LogP contribution in [0.1, 0.15) is 16.8 Å². The van der Waals surface area contributed by atoms with E-state index in [2.05, 4.69) is 0 Å². The smallest absolute Gasteiger partial charge is 0.340 e. The van der Waals surface area contributed by atoms with Crippen molar-refractivity contribution < 1.29 is 24.2 Å². The van der Waals surface area contributed by atoms with Crippen molar-refractivity contribution in [2.24, 2.45) is 0 Å². The first-order valence-corrected chi connectivity index (χ1v) is 6.73. The molecular formula is C14H12ClNO5. The van der Waals surface area contributed by atoms with Gasteiger partial charge in [0.1, 0.15) is 0 Å². The number of β-lactam (4-membered cyclic amide) rings is 1. The van der Waals surface area contributed by atoms with Crippen molar-refractivity contribution in [3.05, 3.63) is 46.7 Å². The lowest BCUT2D eigenvalue weighted by molar-refractivity contribution is -0.164. The quantitative estimate of drug-likeness (QED) is 0.672. The molecule has 0 spiro atoms. The van der Waals surface area contributed by atoms with Gasteiger partial charge in [-0.3, -0.25) is 9.69 Å². The number of nitrogens with zero attached hydrogens (tertiary/aromatic N) is 1. The van der Waals surface area contributed by atoms with Gasteiger partial charge in [-0.1, -0.05) is 17.7 Å². The SMILES string of the molecule is O=C(O[C@H]1/C(=C/CO)O[C@@H]2CC(=O)N21)c1cccc(Cl)c1. The zero-order valence-corrected chi connectivity index (χ0v) is 11.6. The predicted octanol–water partition coefficient (Wildman–Crippen LogP) is 1.29. The lowest BCUT2D eigenvalue weighted by Gasteiger charge is -2.33. The van der Waals surface area contributed by atoms with Crippen LogP contribution < -0.4 is 0 Å². The summed E-state index contributed by atoms with van der Waals surface area (Å²) in [4.78, 5) is 25.0. The van der Waals surface area contributed by atoms with Gasteiger partial charge < -0.3 is 14.6 Å². The molecule has 1 aromatic carbocycles. The number of carbonyl (C=O) groups excluding carboxylic acids is 2. The van der Waals surface area contributed by atoms with Crippen LogP contribution in [0.4, 0.5) is 0 Å². The monoisotopic (exact) mass is 309 g/mol. The second kappa shape index (κ2) is 5.38. The fourth-order valence-electron chi connectivity index (χ4n) is 2.27. The van der Waals surface area contributed by atoms with E-state index in [9.17, 15) is 9.59 Å². The van der Waals surface area contributed by atoms with Gasteiger partial charge >= 0.3 is 5.97 Å². The van der Waals surface area contributed by atoms with Gasteiger partial charge in [0.15, 0.2) is 12.0 Å². The average Bonchev–Trinajstić information content (AvgIpc) is 2.71. The fraction of sp³-hybridized carbons (Fsp3) is 0.286. The molecule has 0 aromatic heterocycles. The van der Waals surface area contributed by atoms with Gasteiger partial charge in [0.2, 0.25) is 12.1 Å². The Morgan fingerprint density at radius 1 is 1.57 bits per heavy atom. The molecule has 0 radical (unpaired) electrons. The first-order chi connectivity index (χ1) is 10.1. The van der Waals surface area contributed by atoms with E-state index in [1.165, 1.54) is 17.0 Å². The molecule has 0 bridgehead atoms. The van der Waals surface area contributed by atoms with Crippen molar-refractivity contribution in [1.82, 2.24) is 4.90 Å². The molecule has 2 saturated heterocycles. The Morgan fingerprint density at radius 2 is 2.38 bits per heavy atom. The maximum atomic E-state index is 12.1. The Kier molecular flexibility index (Phi) is 3.57. The fourth-order valence-corrected chi connectivity index (χ4v) is 2.46. The van der Waals surface area contributed by atoms with Crippen LogP contribution >= 0.6 is 11.6 Å². The van der Waals surface area contributed by atoms with Crippen molar-refractivity contribution >= 4 is 23.5 Å². The average molecular weight is 310 g/mol. The number of fused-ring (bicyclic) bond motifs is 1. The summed E-state index contributed by atoms with van der Waals surface area (Å²) in [6.45, 7) is -0.269. The van der Waals surface area contributed by atoms with Gasteiger partial charge in [-0.25, -0.2) is 4.79 Å². The molecule has 110 valence electrons. The number of rotatable bonds is 3. The number of hydrogen-bond acceptors (Lipinski definition) is 5. The van der Waals surface area contributed by atoms with Crippen LogP contribution in [-0.4, -0.2) is 40.9 Å². The summed E-state index contributed by atoms with van der Waals surface area (Å²) >= 11 is 5.83. The molecule has 2 aliphatic heterocycles. The number of ether oxygens (including phenoxy) is 2. The summed E-state index contributed by atoms with van der Waals surface area (Å²) in [6.07, 6.45) is 0.262. The number of aliphatic hydroxyl groups is 1. The van der Waals surface area contributed by atoms with Crippen LogP contribution in [0, 0.1) is 0 Å². The van der Waals surface area contributed by atoms with Crippen molar-refractivity contribution in [3.8, 4) is 0 Å². The minimum Gasteiger partial charge on any atom is -0.468 e. The third-order valence-electron chi connectivity index (χ3n) is 3.29. The van der Waals surface area contributed by atoms with Crippen LogP contribution in [0.2, 0.25) is 5.02 Å². The standard InChI is InChI=1S/C14H12ClNO5/c15-9-3-1-2-8(6-9)14(19)21-13-10(4-5-17)20-12-7-11(18)16(12)13/h1-4,6,12-13,17H,5,7H2/b10-4-/t12-,13+/m1/s1. The van der Waals surface area contributed by atoms with Gasteiger partial charge in [0.25, 0.3) is 0 Å². The molecule has 2 atom stereocenters. The lowest BCUT2D eigenvalue weighted by atomic mass is 10.2. The minimum atomic E-state index is -0.935. The third kappa shape index (κ3) is 2.48. The highest BCUT2D eigenvalue weighted by Crippen LogP contribution is 2.37. The molecule has 0 unspecified atom stereocenters. The minimum absolute atomic E-state index is 0.162. The van der Waals surface area contributed by atoms with Crippen LogP contribution in [-0.2, 0) is 14.3 Å². The van der Waals surface area contributed by atoms with Crippen molar-refractivity contribution in [2.45, 2.75) is 18.9 Å². The van der Waals surface area contributed by atoms with E-state index in [0.717, 1.165) is 0 Å². The third-order valence-corrected chi connectivity index (χ3v) is 3.52. The number of carbonyl (C=O) groups is 2. The number of halogens is 1. The number of amides is 1. The van der Waals surface area contributed by atoms with E-state index in [4.69, 9.17) is 26.2 Å². The highest BCUT2D eigenvalue weighted by molar-refractivity contribution is 6.30. The highest BCUT2D eigenvalue weighted by Gasteiger charge is 2.52. The van der Waals surface area contributed by atoms with Gasteiger partial charge in [0, 0.05) is 5.02 Å². The van der Waals surface area contributed by atoms with Crippen molar-refractivity contribution in [2.75, 3.05) is 6.61 Å². The second-order valence-corrected chi connectivity index (χ2v) is 5.07. The molecule has 2 aliphatic rings. The summed E-state index contributed by atoms with van der Waals surface area (Å²) in [6, 6.07) is 6.31. The van der Waals surface area contributed by atoms with E-state index in [1.54, 1.807) is 18.2 Å². The summed E-state index contributed by atoms with van der Waals surface area (Å²) < 4.78 is 10.8. The summed E-state index contributed by atoms with van der Waals surface area (Å²) in [5.41, 5.74) is 0.280. The highest BCUT2D eigenvalue weighted by atomic mass is 35.5. The zero-order valence-electron chi connectivity index (χ0n) is 10.9. The molecule has 0 saturated carbocycles. The van der Waals surface area contributed by atoms with Gasteiger partial charge in [0.05, 0.1) is 18.6 Å². The Balaban J connectivity index is 1.80. The second-order valence-electron chi connectivity index (χ2n) is 4.63. The number of esters is 1. The predicted molar refractivity (Wildman–Crippen MR) is 72.2 cm³/mol. The molecule has 21 heavy (non-hydrogen) atoms. The van der Waals surface area contributed by atoms with E-state index in [-0.39, 0.29) is 30.3 Å². The first kappa shape index (κ1) is 13.9. The summed E-state index contributed by atoms with van der Waals surface area (Å²) in [5, 5.41) is 9.39. The molecule has 1 aromatic rings. The molecule has 2 fully saturated rings. The summed E-state index contributed by atoms with van der Waals surface area (Å²) in [7, 11) is 0. The Morgan fingerprint density at radius 3 is 3.05 bits per heavy atom. The number of aliphatic hydroxyl groups excluding tert-OH is 1. The van der Waals surface area contributed by atoms with E-state index in [1.807, 2.05) is 0 Å². The Labute approximate surface area is 125 Å². The van der Waals surface area contributed by atoms with Crippen LogP contribution in [0.15, 0.2) is 36.1 Å². The van der Waals surface area contributed by atoms with Crippen molar-refractivity contribution in [1.29, 1.82) is 0 Å². The maximum absolute atomic E-state index is 12.1. The Hall–Kier alpha value is -2.05. The van der Waals surface area contributed by atoms with E-state index < -0.39 is 18.4 Å². The van der Waals surface area contributed by atoms with Crippen LogP contribution in [0.5, 0.6) is 0 Å². The van der Waals surface area contributed by atoms with Crippen molar-refractivity contribution in [3.63, 3.8) is 0 Å². The Bertz CT molecular complexity index is 630.